The molecule has 0 aromatic carbocycles. The molecule has 0 spiro atoms. The molecule has 3 nitrogen and oxygen atoms in total. The summed E-state index contributed by atoms with van der Waals surface area (Å²) in [5.41, 5.74) is 0. The summed E-state index contributed by atoms with van der Waals surface area (Å²) in [5.74, 6) is 2.84. The van der Waals surface area contributed by atoms with Crippen LogP contribution in [0.15, 0.2) is 18.3 Å². The molecule has 0 amide bonds. The summed E-state index contributed by atoms with van der Waals surface area (Å²) in [6.07, 6.45) is 3.92. The van der Waals surface area contributed by atoms with Crippen LogP contribution in [0.25, 0.3) is 0 Å². The Labute approximate surface area is 118 Å². The van der Waals surface area contributed by atoms with Gasteiger partial charge in [-0.1, -0.05) is 0 Å². The van der Waals surface area contributed by atoms with Gasteiger partial charge in [0.1, 0.15) is 0 Å². The van der Waals surface area contributed by atoms with Crippen molar-refractivity contribution in [3.8, 4) is 0 Å². The van der Waals surface area contributed by atoms with Gasteiger partial charge in [0.2, 0.25) is 0 Å². The minimum absolute atomic E-state index is 0.199. The Hall–Kier alpha value is -0.810. The Balaban J connectivity index is 1.58. The highest BCUT2D eigenvalue weighted by molar-refractivity contribution is 7.99. The van der Waals surface area contributed by atoms with Gasteiger partial charge >= 0.3 is 0 Å². The largest absolute Gasteiger partial charge is 0.354 e. The van der Waals surface area contributed by atoms with Gasteiger partial charge in [-0.3, -0.25) is 4.90 Å². The molecule has 104 valence electrons. The van der Waals surface area contributed by atoms with Crippen LogP contribution in [0.4, 0.5) is 10.2 Å². The van der Waals surface area contributed by atoms with E-state index in [9.17, 15) is 4.39 Å². The van der Waals surface area contributed by atoms with Gasteiger partial charge in [0, 0.05) is 49.9 Å². The second-order valence-corrected chi connectivity index (χ2v) is 6.40. The van der Waals surface area contributed by atoms with E-state index in [1.54, 1.807) is 12.3 Å². The number of nitrogens with zero attached hydrogens (tertiary/aromatic N) is 3. The second-order valence-electron chi connectivity index (χ2n) is 5.18. The molecule has 2 fully saturated rings. The molecule has 19 heavy (non-hydrogen) atoms. The SMILES string of the molecule is Fc1cccnc1N1CCC(N2CCSCC2)CC1. The molecule has 1 aromatic heterocycles. The number of pyridine rings is 1. The second kappa shape index (κ2) is 6.09. The lowest BCUT2D eigenvalue weighted by Crippen LogP contribution is -2.48. The van der Waals surface area contributed by atoms with Gasteiger partial charge < -0.3 is 4.90 Å². The van der Waals surface area contributed by atoms with Crippen molar-refractivity contribution >= 4 is 17.6 Å². The normalized spacial score (nSPS) is 22.7. The van der Waals surface area contributed by atoms with E-state index in [4.69, 9.17) is 0 Å². The third kappa shape index (κ3) is 3.03. The van der Waals surface area contributed by atoms with E-state index >= 15 is 0 Å². The fraction of sp³-hybridized carbons (Fsp3) is 0.643. The van der Waals surface area contributed by atoms with Crippen molar-refractivity contribution in [3.63, 3.8) is 0 Å². The highest BCUT2D eigenvalue weighted by atomic mass is 32.2. The van der Waals surface area contributed by atoms with E-state index in [0.717, 1.165) is 25.9 Å². The predicted octanol–water partition coefficient (Wildman–Crippen LogP) is 2.24. The molecular weight excluding hydrogens is 261 g/mol. The molecule has 1 aromatic rings. The molecular formula is C14H20FN3S. The summed E-state index contributed by atoms with van der Waals surface area (Å²) in [5, 5.41) is 0. The first kappa shape index (κ1) is 13.2. The molecule has 3 heterocycles. The zero-order valence-electron chi connectivity index (χ0n) is 11.1. The molecule has 0 bridgehead atoms. The van der Waals surface area contributed by atoms with Gasteiger partial charge in [-0.25, -0.2) is 9.37 Å². The van der Waals surface area contributed by atoms with Crippen LogP contribution in [-0.2, 0) is 0 Å². The van der Waals surface area contributed by atoms with Crippen LogP contribution in [0.3, 0.4) is 0 Å². The van der Waals surface area contributed by atoms with Crippen molar-refractivity contribution in [2.24, 2.45) is 0 Å². The number of hydrogen-bond acceptors (Lipinski definition) is 4. The van der Waals surface area contributed by atoms with Gasteiger partial charge in [-0.05, 0) is 25.0 Å². The van der Waals surface area contributed by atoms with E-state index in [-0.39, 0.29) is 5.82 Å². The van der Waals surface area contributed by atoms with Crippen LogP contribution < -0.4 is 4.90 Å². The Bertz CT molecular complexity index is 415. The first-order valence-electron chi connectivity index (χ1n) is 7.02. The summed E-state index contributed by atoms with van der Waals surface area (Å²) < 4.78 is 13.7. The summed E-state index contributed by atoms with van der Waals surface area (Å²) in [4.78, 5) is 8.88. The Morgan fingerprint density at radius 1 is 1.16 bits per heavy atom. The maximum atomic E-state index is 13.7. The first-order valence-corrected chi connectivity index (χ1v) is 8.17. The quantitative estimate of drug-likeness (QED) is 0.827. The highest BCUT2D eigenvalue weighted by Crippen LogP contribution is 2.24. The van der Waals surface area contributed by atoms with Crippen molar-refractivity contribution in [1.29, 1.82) is 0 Å². The van der Waals surface area contributed by atoms with E-state index in [2.05, 4.69) is 26.5 Å². The molecule has 0 radical (unpaired) electrons. The monoisotopic (exact) mass is 281 g/mol. The Morgan fingerprint density at radius 3 is 2.58 bits per heavy atom. The molecule has 5 heteroatoms. The predicted molar refractivity (Wildman–Crippen MR) is 78.3 cm³/mol. The molecule has 2 aliphatic rings. The minimum atomic E-state index is -0.199. The molecule has 0 atom stereocenters. The number of aromatic nitrogens is 1. The standard InChI is InChI=1S/C14H20FN3S/c15-13-2-1-5-16-14(13)18-6-3-12(4-7-18)17-8-10-19-11-9-17/h1-2,5,12H,3-4,6-11H2. The molecule has 0 saturated carbocycles. The fourth-order valence-electron chi connectivity index (χ4n) is 3.00. The molecule has 0 unspecified atom stereocenters. The third-order valence-electron chi connectivity index (χ3n) is 4.07. The van der Waals surface area contributed by atoms with Gasteiger partial charge in [0.25, 0.3) is 0 Å². The van der Waals surface area contributed by atoms with Crippen LogP contribution in [0.5, 0.6) is 0 Å². The number of halogens is 1. The average Bonchev–Trinajstić information content (AvgIpc) is 2.49. The van der Waals surface area contributed by atoms with Crippen LogP contribution in [-0.4, -0.2) is 53.6 Å². The number of anilines is 1. The van der Waals surface area contributed by atoms with Crippen molar-refractivity contribution < 1.29 is 4.39 Å². The topological polar surface area (TPSA) is 19.4 Å². The molecule has 2 saturated heterocycles. The summed E-state index contributed by atoms with van der Waals surface area (Å²) >= 11 is 2.05. The summed E-state index contributed by atoms with van der Waals surface area (Å²) in [7, 11) is 0. The first-order chi connectivity index (χ1) is 9.34. The number of hydrogen-bond donors (Lipinski definition) is 0. The lowest BCUT2D eigenvalue weighted by Gasteiger charge is -2.40. The number of piperidine rings is 1. The van der Waals surface area contributed by atoms with E-state index in [0.29, 0.717) is 11.9 Å². The molecule has 3 rings (SSSR count). The fourth-order valence-corrected chi connectivity index (χ4v) is 3.93. The van der Waals surface area contributed by atoms with Gasteiger partial charge in [-0.2, -0.15) is 11.8 Å². The van der Waals surface area contributed by atoms with Crippen molar-refractivity contribution in [3.05, 3.63) is 24.1 Å². The van der Waals surface area contributed by atoms with E-state index < -0.39 is 0 Å². The third-order valence-corrected chi connectivity index (χ3v) is 5.01. The van der Waals surface area contributed by atoms with Crippen LogP contribution in [0.1, 0.15) is 12.8 Å². The van der Waals surface area contributed by atoms with E-state index in [1.807, 2.05) is 0 Å². The van der Waals surface area contributed by atoms with Crippen LogP contribution in [0, 0.1) is 5.82 Å². The maximum absolute atomic E-state index is 13.7. The van der Waals surface area contributed by atoms with E-state index in [1.165, 1.54) is 30.7 Å². The lowest BCUT2D eigenvalue weighted by atomic mass is 10.0. The van der Waals surface area contributed by atoms with Gasteiger partial charge in [0.05, 0.1) is 0 Å². The van der Waals surface area contributed by atoms with Crippen LogP contribution >= 0.6 is 11.8 Å². The molecule has 0 aliphatic carbocycles. The number of rotatable bonds is 2. The van der Waals surface area contributed by atoms with Gasteiger partial charge in [0.15, 0.2) is 11.6 Å². The lowest BCUT2D eigenvalue weighted by molar-refractivity contribution is 0.185. The highest BCUT2D eigenvalue weighted by Gasteiger charge is 2.26. The summed E-state index contributed by atoms with van der Waals surface area (Å²) in [6.45, 7) is 4.27. The number of thioether (sulfide) groups is 1. The zero-order chi connectivity index (χ0) is 13.1. The summed E-state index contributed by atoms with van der Waals surface area (Å²) in [6, 6.07) is 3.83. The van der Waals surface area contributed by atoms with Gasteiger partial charge in [-0.15, -0.1) is 0 Å². The van der Waals surface area contributed by atoms with Crippen molar-refractivity contribution in [2.75, 3.05) is 42.6 Å². The smallest absolute Gasteiger partial charge is 0.165 e. The maximum Gasteiger partial charge on any atom is 0.165 e. The van der Waals surface area contributed by atoms with Crippen molar-refractivity contribution in [2.45, 2.75) is 18.9 Å². The Morgan fingerprint density at radius 2 is 1.89 bits per heavy atom. The average molecular weight is 281 g/mol. The zero-order valence-corrected chi connectivity index (χ0v) is 11.9. The molecule has 2 aliphatic heterocycles. The van der Waals surface area contributed by atoms with Crippen LogP contribution in [0.2, 0.25) is 0 Å². The molecule has 0 N–H and O–H groups in total. The minimum Gasteiger partial charge on any atom is -0.354 e. The Kier molecular flexibility index (Phi) is 4.23. The van der Waals surface area contributed by atoms with Crippen molar-refractivity contribution in [1.82, 2.24) is 9.88 Å².